The highest BCUT2D eigenvalue weighted by Gasteiger charge is 2.01. The molecule has 0 heterocycles. The highest BCUT2D eigenvalue weighted by Crippen LogP contribution is 2.19. The summed E-state index contributed by atoms with van der Waals surface area (Å²) < 4.78 is 5.06. The summed E-state index contributed by atoms with van der Waals surface area (Å²) in [6.07, 6.45) is -0.522. The number of hydrogen-bond donors (Lipinski definition) is 2. The lowest BCUT2D eigenvalue weighted by Crippen LogP contribution is -2.24. The Morgan fingerprint density at radius 2 is 1.95 bits per heavy atom. The van der Waals surface area contributed by atoms with Gasteiger partial charge < -0.3 is 15.2 Å². The van der Waals surface area contributed by atoms with Gasteiger partial charge in [-0.3, -0.25) is 0 Å². The standard InChI is InChI=1S/C18H17NO3/c1-14-7-5-10-16(17(14)20)11-6-12-19-18(21)22-13-15-8-3-2-4-9-15/h2-5,7-10,20H,12-13H2,1H3,(H,19,21). The number of hydrogen-bond acceptors (Lipinski definition) is 3. The van der Waals surface area contributed by atoms with Gasteiger partial charge in [0.05, 0.1) is 12.1 Å². The molecule has 0 aliphatic rings. The van der Waals surface area contributed by atoms with Crippen LogP contribution in [0, 0.1) is 18.8 Å². The summed E-state index contributed by atoms with van der Waals surface area (Å²) in [6.45, 7) is 2.18. The van der Waals surface area contributed by atoms with Gasteiger partial charge in [0.2, 0.25) is 0 Å². The number of phenols is 1. The van der Waals surface area contributed by atoms with E-state index in [4.69, 9.17) is 4.74 Å². The number of alkyl carbamates (subject to hydrolysis) is 1. The first-order valence-corrected chi connectivity index (χ1v) is 6.89. The molecule has 112 valence electrons. The summed E-state index contributed by atoms with van der Waals surface area (Å²) in [7, 11) is 0. The molecule has 22 heavy (non-hydrogen) atoms. The molecule has 0 bridgehead atoms. The smallest absolute Gasteiger partial charge is 0.408 e. The quantitative estimate of drug-likeness (QED) is 0.856. The van der Waals surface area contributed by atoms with Crippen molar-refractivity contribution >= 4 is 6.09 Å². The Kier molecular flexibility index (Phi) is 5.44. The number of carbonyl (C=O) groups excluding carboxylic acids is 1. The van der Waals surface area contributed by atoms with Crippen molar-refractivity contribution < 1.29 is 14.6 Å². The van der Waals surface area contributed by atoms with Crippen molar-refractivity contribution in [1.29, 1.82) is 0 Å². The molecule has 0 fully saturated rings. The molecule has 2 aromatic carbocycles. The van der Waals surface area contributed by atoms with Crippen LogP contribution in [0.25, 0.3) is 0 Å². The second-order valence-corrected chi connectivity index (χ2v) is 4.69. The lowest BCUT2D eigenvalue weighted by Gasteiger charge is -2.04. The highest BCUT2D eigenvalue weighted by atomic mass is 16.5. The van der Waals surface area contributed by atoms with E-state index in [1.54, 1.807) is 19.1 Å². The Morgan fingerprint density at radius 3 is 2.73 bits per heavy atom. The Hall–Kier alpha value is -2.93. The van der Waals surface area contributed by atoms with Crippen LogP contribution < -0.4 is 5.32 Å². The number of ether oxygens (including phenoxy) is 1. The zero-order valence-corrected chi connectivity index (χ0v) is 12.3. The minimum absolute atomic E-state index is 0.154. The van der Waals surface area contributed by atoms with Crippen molar-refractivity contribution in [3.05, 3.63) is 65.2 Å². The lowest BCUT2D eigenvalue weighted by molar-refractivity contribution is 0.141. The van der Waals surface area contributed by atoms with Crippen molar-refractivity contribution in [2.45, 2.75) is 13.5 Å². The zero-order chi connectivity index (χ0) is 15.8. The monoisotopic (exact) mass is 295 g/mol. The molecule has 0 aliphatic carbocycles. The topological polar surface area (TPSA) is 58.6 Å². The van der Waals surface area contributed by atoms with Crippen LogP contribution in [0.2, 0.25) is 0 Å². The van der Waals surface area contributed by atoms with Crippen molar-refractivity contribution in [2.75, 3.05) is 6.54 Å². The van der Waals surface area contributed by atoms with Crippen molar-refractivity contribution in [2.24, 2.45) is 0 Å². The molecule has 0 atom stereocenters. The molecule has 2 aromatic rings. The van der Waals surface area contributed by atoms with E-state index in [-0.39, 0.29) is 18.9 Å². The summed E-state index contributed by atoms with van der Waals surface area (Å²) >= 11 is 0. The van der Waals surface area contributed by atoms with Crippen LogP contribution in [-0.4, -0.2) is 17.7 Å². The summed E-state index contributed by atoms with van der Waals surface area (Å²) in [4.78, 5) is 11.5. The first-order chi connectivity index (χ1) is 10.7. The van der Waals surface area contributed by atoms with E-state index >= 15 is 0 Å². The van der Waals surface area contributed by atoms with Gasteiger partial charge in [-0.2, -0.15) is 0 Å². The minimum Gasteiger partial charge on any atom is -0.506 e. The summed E-state index contributed by atoms with van der Waals surface area (Å²) in [5.74, 6) is 5.76. The van der Waals surface area contributed by atoms with Gasteiger partial charge in [-0.15, -0.1) is 0 Å². The predicted octanol–water partition coefficient (Wildman–Crippen LogP) is 2.98. The third kappa shape index (κ3) is 4.57. The molecule has 0 radical (unpaired) electrons. The Balaban J connectivity index is 1.78. The van der Waals surface area contributed by atoms with Gasteiger partial charge >= 0.3 is 6.09 Å². The molecule has 4 heteroatoms. The molecule has 0 unspecified atom stereocenters. The van der Waals surface area contributed by atoms with E-state index in [9.17, 15) is 9.90 Å². The molecular weight excluding hydrogens is 278 g/mol. The van der Waals surface area contributed by atoms with Gasteiger partial charge in [-0.1, -0.05) is 54.3 Å². The number of aromatic hydroxyl groups is 1. The van der Waals surface area contributed by atoms with Gasteiger partial charge in [-0.25, -0.2) is 4.79 Å². The second kappa shape index (κ2) is 7.75. The molecule has 0 saturated carbocycles. The molecular formula is C18H17NO3. The molecule has 2 N–H and O–H groups in total. The third-order valence-corrected chi connectivity index (χ3v) is 2.99. The number of benzene rings is 2. The first kappa shape index (κ1) is 15.5. The van der Waals surface area contributed by atoms with E-state index in [1.165, 1.54) is 0 Å². The zero-order valence-electron chi connectivity index (χ0n) is 12.3. The minimum atomic E-state index is -0.522. The van der Waals surface area contributed by atoms with Gasteiger partial charge in [0.1, 0.15) is 12.4 Å². The van der Waals surface area contributed by atoms with Crippen molar-refractivity contribution in [3.63, 3.8) is 0 Å². The van der Waals surface area contributed by atoms with E-state index < -0.39 is 6.09 Å². The van der Waals surface area contributed by atoms with Gasteiger partial charge in [-0.05, 0) is 24.1 Å². The van der Waals surface area contributed by atoms with E-state index in [2.05, 4.69) is 17.2 Å². The molecule has 1 amide bonds. The van der Waals surface area contributed by atoms with E-state index in [0.29, 0.717) is 5.56 Å². The van der Waals surface area contributed by atoms with Crippen LogP contribution in [-0.2, 0) is 11.3 Å². The molecule has 0 spiro atoms. The van der Waals surface area contributed by atoms with Gasteiger partial charge in [0.15, 0.2) is 0 Å². The Labute approximate surface area is 129 Å². The van der Waals surface area contributed by atoms with Gasteiger partial charge in [0.25, 0.3) is 0 Å². The van der Waals surface area contributed by atoms with Gasteiger partial charge in [0, 0.05) is 0 Å². The Bertz CT molecular complexity index is 699. The normalized spacial score (nSPS) is 9.50. The first-order valence-electron chi connectivity index (χ1n) is 6.89. The van der Waals surface area contributed by atoms with E-state index in [0.717, 1.165) is 11.1 Å². The maximum atomic E-state index is 11.5. The maximum absolute atomic E-state index is 11.5. The third-order valence-electron chi connectivity index (χ3n) is 2.99. The fourth-order valence-electron chi connectivity index (χ4n) is 1.79. The molecule has 0 aromatic heterocycles. The molecule has 4 nitrogen and oxygen atoms in total. The predicted molar refractivity (Wildman–Crippen MR) is 84.4 cm³/mol. The fraction of sp³-hybridized carbons (Fsp3) is 0.167. The van der Waals surface area contributed by atoms with Crippen LogP contribution in [0.3, 0.4) is 0 Å². The van der Waals surface area contributed by atoms with E-state index in [1.807, 2.05) is 36.4 Å². The molecule has 2 rings (SSSR count). The number of rotatable bonds is 3. The fourth-order valence-corrected chi connectivity index (χ4v) is 1.79. The summed E-state index contributed by atoms with van der Waals surface area (Å²) in [6, 6.07) is 14.8. The lowest BCUT2D eigenvalue weighted by atomic mass is 10.1. The number of amides is 1. The largest absolute Gasteiger partial charge is 0.506 e. The van der Waals surface area contributed by atoms with Crippen LogP contribution in [0.5, 0.6) is 5.75 Å². The number of aryl methyl sites for hydroxylation is 1. The molecule has 0 saturated heterocycles. The van der Waals surface area contributed by atoms with Crippen molar-refractivity contribution in [3.8, 4) is 17.6 Å². The van der Waals surface area contributed by atoms with Crippen LogP contribution in [0.4, 0.5) is 4.79 Å². The van der Waals surface area contributed by atoms with Crippen LogP contribution in [0.1, 0.15) is 16.7 Å². The molecule has 0 aliphatic heterocycles. The summed E-state index contributed by atoms with van der Waals surface area (Å²) in [5.41, 5.74) is 2.23. The maximum Gasteiger partial charge on any atom is 0.408 e. The average Bonchev–Trinajstić information content (AvgIpc) is 2.54. The highest BCUT2D eigenvalue weighted by molar-refractivity contribution is 5.67. The number of nitrogens with one attached hydrogen (secondary N) is 1. The number of para-hydroxylation sites is 1. The number of carbonyl (C=O) groups is 1. The summed E-state index contributed by atoms with van der Waals surface area (Å²) in [5, 5.41) is 12.3. The van der Waals surface area contributed by atoms with Crippen LogP contribution >= 0.6 is 0 Å². The van der Waals surface area contributed by atoms with Crippen molar-refractivity contribution in [1.82, 2.24) is 5.32 Å². The second-order valence-electron chi connectivity index (χ2n) is 4.69. The van der Waals surface area contributed by atoms with Crippen LogP contribution in [0.15, 0.2) is 48.5 Å². The number of phenolic OH excluding ortho intramolecular Hbond substituents is 1. The Morgan fingerprint density at radius 1 is 1.18 bits per heavy atom. The average molecular weight is 295 g/mol. The SMILES string of the molecule is Cc1cccc(C#CCNC(=O)OCc2ccccc2)c1O.